The molecule has 0 unspecified atom stereocenters. The highest BCUT2D eigenvalue weighted by Gasteiger charge is 2.25. The largest absolute Gasteiger partial charge is 0.488 e. The van der Waals surface area contributed by atoms with Crippen molar-refractivity contribution in [2.45, 2.75) is 48.7 Å². The molecule has 1 aliphatic carbocycles. The van der Waals surface area contributed by atoms with Crippen LogP contribution >= 0.6 is 11.8 Å². The Morgan fingerprint density at radius 1 is 1.16 bits per heavy atom. The van der Waals surface area contributed by atoms with Crippen LogP contribution in [0.15, 0.2) is 41.8 Å². The minimum Gasteiger partial charge on any atom is -0.488 e. The van der Waals surface area contributed by atoms with E-state index >= 15 is 0 Å². The SMILES string of the molecule is N#Cc1c(N)nc(SCc2cnc[nH]2)c(C#N)c1-c1ccc(O[C@H]2CCCC[C@@H]2O)cc1. The minimum atomic E-state index is -0.465. The van der Waals surface area contributed by atoms with Crippen molar-refractivity contribution < 1.29 is 9.84 Å². The standard InChI is InChI=1S/C23H22N6O2S/c24-9-17-21(14-5-7-16(8-6-14)31-20-4-2-1-3-19(20)30)18(10-25)23(29-22(17)26)32-12-15-11-27-13-28-15/h5-8,11,13,19-20,30H,1-4,12H2,(H2,26,29)(H,27,28)/t19-,20-/m0/s1. The molecule has 0 radical (unpaired) electrons. The van der Waals surface area contributed by atoms with Gasteiger partial charge in [0.1, 0.15) is 40.4 Å². The summed E-state index contributed by atoms with van der Waals surface area (Å²) < 4.78 is 5.97. The van der Waals surface area contributed by atoms with E-state index < -0.39 is 6.10 Å². The Bertz CT molecular complexity index is 1170. The quantitative estimate of drug-likeness (QED) is 0.485. The topological polar surface area (TPSA) is 145 Å². The Kier molecular flexibility index (Phi) is 6.60. The number of pyridine rings is 1. The fraction of sp³-hybridized carbons (Fsp3) is 0.304. The van der Waals surface area contributed by atoms with Crippen LogP contribution in [0, 0.1) is 22.7 Å². The van der Waals surface area contributed by atoms with Crippen LogP contribution in [-0.4, -0.2) is 32.3 Å². The van der Waals surface area contributed by atoms with Gasteiger partial charge in [-0.3, -0.25) is 0 Å². The van der Waals surface area contributed by atoms with E-state index in [1.807, 2.05) is 0 Å². The monoisotopic (exact) mass is 446 g/mol. The molecule has 1 aromatic carbocycles. The van der Waals surface area contributed by atoms with Gasteiger partial charge in [0.25, 0.3) is 0 Å². The van der Waals surface area contributed by atoms with Gasteiger partial charge in [-0.25, -0.2) is 9.97 Å². The van der Waals surface area contributed by atoms with Crippen molar-refractivity contribution in [2.24, 2.45) is 0 Å². The fourth-order valence-corrected chi connectivity index (χ4v) is 4.70. The number of ether oxygens (including phenoxy) is 1. The molecular weight excluding hydrogens is 424 g/mol. The van der Waals surface area contributed by atoms with Gasteiger partial charge >= 0.3 is 0 Å². The molecule has 4 N–H and O–H groups in total. The van der Waals surface area contributed by atoms with Gasteiger partial charge in [0.05, 0.1) is 18.0 Å². The van der Waals surface area contributed by atoms with Crippen LogP contribution in [0.5, 0.6) is 5.75 Å². The third kappa shape index (κ3) is 4.54. The number of nitrogens with zero attached hydrogens (tertiary/aromatic N) is 4. The van der Waals surface area contributed by atoms with Crippen molar-refractivity contribution in [1.82, 2.24) is 15.0 Å². The zero-order chi connectivity index (χ0) is 22.5. The number of nitriles is 2. The number of nitrogens with one attached hydrogen (secondary N) is 1. The Labute approximate surface area is 190 Å². The minimum absolute atomic E-state index is 0.0827. The molecule has 4 rings (SSSR count). The van der Waals surface area contributed by atoms with Crippen molar-refractivity contribution >= 4 is 17.6 Å². The summed E-state index contributed by atoms with van der Waals surface area (Å²) in [6.45, 7) is 0. The lowest BCUT2D eigenvalue weighted by molar-refractivity contribution is 0.00688. The zero-order valence-corrected chi connectivity index (χ0v) is 18.1. The number of aliphatic hydroxyl groups excluding tert-OH is 1. The van der Waals surface area contributed by atoms with E-state index in [-0.39, 0.29) is 17.5 Å². The summed E-state index contributed by atoms with van der Waals surface area (Å²) >= 11 is 1.35. The number of aliphatic hydroxyl groups is 1. The van der Waals surface area contributed by atoms with Crippen LogP contribution in [0.1, 0.15) is 42.5 Å². The highest BCUT2D eigenvalue weighted by atomic mass is 32.2. The van der Waals surface area contributed by atoms with E-state index in [9.17, 15) is 15.6 Å². The number of hydrogen-bond donors (Lipinski definition) is 3. The van der Waals surface area contributed by atoms with E-state index in [0.717, 1.165) is 31.4 Å². The molecule has 1 fully saturated rings. The lowest BCUT2D eigenvalue weighted by atomic mass is 9.94. The molecule has 8 nitrogen and oxygen atoms in total. The van der Waals surface area contributed by atoms with E-state index in [2.05, 4.69) is 27.1 Å². The van der Waals surface area contributed by atoms with Gasteiger partial charge < -0.3 is 20.6 Å². The maximum absolute atomic E-state index is 10.2. The van der Waals surface area contributed by atoms with E-state index in [0.29, 0.717) is 33.2 Å². The van der Waals surface area contributed by atoms with Gasteiger partial charge in [-0.1, -0.05) is 30.3 Å². The highest BCUT2D eigenvalue weighted by Crippen LogP contribution is 2.37. The maximum atomic E-state index is 10.2. The van der Waals surface area contributed by atoms with Crippen molar-refractivity contribution in [3.05, 3.63) is 53.6 Å². The number of hydrogen-bond acceptors (Lipinski definition) is 8. The van der Waals surface area contributed by atoms with Crippen LogP contribution < -0.4 is 10.5 Å². The highest BCUT2D eigenvalue weighted by molar-refractivity contribution is 7.98. The summed E-state index contributed by atoms with van der Waals surface area (Å²) in [4.78, 5) is 11.3. The van der Waals surface area contributed by atoms with Crippen molar-refractivity contribution in [2.75, 3.05) is 5.73 Å². The fourth-order valence-electron chi connectivity index (χ4n) is 3.79. The molecule has 0 aliphatic heterocycles. The molecular formula is C23H22N6O2S. The lowest BCUT2D eigenvalue weighted by Gasteiger charge is -2.28. The van der Waals surface area contributed by atoms with Crippen LogP contribution in [0.4, 0.5) is 5.82 Å². The van der Waals surface area contributed by atoms with E-state index in [1.54, 1.807) is 36.8 Å². The van der Waals surface area contributed by atoms with Gasteiger partial charge in [-0.2, -0.15) is 10.5 Å². The molecule has 2 atom stereocenters. The Morgan fingerprint density at radius 3 is 2.56 bits per heavy atom. The number of anilines is 1. The van der Waals surface area contributed by atoms with Gasteiger partial charge in [0.15, 0.2) is 0 Å². The van der Waals surface area contributed by atoms with Gasteiger partial charge in [-0.15, -0.1) is 0 Å². The molecule has 0 amide bonds. The number of rotatable bonds is 6. The maximum Gasteiger partial charge on any atom is 0.143 e. The number of benzene rings is 1. The van der Waals surface area contributed by atoms with Crippen LogP contribution in [0.25, 0.3) is 11.1 Å². The van der Waals surface area contributed by atoms with Gasteiger partial charge in [0, 0.05) is 23.2 Å². The molecule has 1 saturated carbocycles. The molecule has 9 heteroatoms. The average molecular weight is 447 g/mol. The second-order valence-electron chi connectivity index (χ2n) is 7.55. The predicted octanol–water partition coefficient (Wildman–Crippen LogP) is 3.77. The summed E-state index contributed by atoms with van der Waals surface area (Å²) in [6.07, 6.45) is 6.21. The molecule has 2 aromatic heterocycles. The molecule has 32 heavy (non-hydrogen) atoms. The summed E-state index contributed by atoms with van der Waals surface area (Å²) in [6, 6.07) is 11.5. The van der Waals surface area contributed by atoms with Crippen molar-refractivity contribution in [3.63, 3.8) is 0 Å². The number of nitrogen functional groups attached to an aromatic ring is 1. The average Bonchev–Trinajstić information content (AvgIpc) is 3.33. The first-order valence-electron chi connectivity index (χ1n) is 10.3. The Morgan fingerprint density at radius 2 is 1.91 bits per heavy atom. The number of aromatic amines is 1. The van der Waals surface area contributed by atoms with Gasteiger partial charge in [0.2, 0.25) is 0 Å². The van der Waals surface area contributed by atoms with Crippen LogP contribution in [0.3, 0.4) is 0 Å². The number of aromatic nitrogens is 3. The zero-order valence-electron chi connectivity index (χ0n) is 17.3. The number of thioether (sulfide) groups is 1. The van der Waals surface area contributed by atoms with E-state index in [4.69, 9.17) is 10.5 Å². The molecule has 0 bridgehead atoms. The van der Waals surface area contributed by atoms with E-state index in [1.165, 1.54) is 11.8 Å². The molecule has 2 heterocycles. The van der Waals surface area contributed by atoms with Crippen molar-refractivity contribution in [1.29, 1.82) is 10.5 Å². The van der Waals surface area contributed by atoms with Gasteiger partial charge in [-0.05, 0) is 37.0 Å². The van der Waals surface area contributed by atoms with Crippen LogP contribution in [0.2, 0.25) is 0 Å². The third-order valence-electron chi connectivity index (χ3n) is 5.43. The van der Waals surface area contributed by atoms with Crippen LogP contribution in [-0.2, 0) is 5.75 Å². The molecule has 0 saturated heterocycles. The first-order chi connectivity index (χ1) is 15.6. The third-order valence-corrected chi connectivity index (χ3v) is 6.46. The number of H-pyrrole nitrogens is 1. The normalized spacial score (nSPS) is 18.0. The first kappa shape index (κ1) is 21.7. The van der Waals surface area contributed by atoms with Crippen molar-refractivity contribution in [3.8, 4) is 29.0 Å². The smallest absolute Gasteiger partial charge is 0.143 e. The summed E-state index contributed by atoms with van der Waals surface area (Å²) in [5, 5.41) is 30.2. The molecule has 162 valence electrons. The Balaban J connectivity index is 1.65. The summed E-state index contributed by atoms with van der Waals surface area (Å²) in [5.74, 6) is 1.25. The number of nitrogens with two attached hydrogens (primary N) is 1. The second-order valence-corrected chi connectivity index (χ2v) is 8.51. The summed E-state index contributed by atoms with van der Waals surface area (Å²) in [7, 11) is 0. The molecule has 0 spiro atoms. The lowest BCUT2D eigenvalue weighted by Crippen LogP contribution is -2.34. The molecule has 3 aromatic rings. The number of imidazole rings is 1. The second kappa shape index (κ2) is 9.73. The molecule has 1 aliphatic rings. The Hall–Kier alpha value is -3.53. The predicted molar refractivity (Wildman–Crippen MR) is 121 cm³/mol. The summed E-state index contributed by atoms with van der Waals surface area (Å²) in [5.41, 5.74) is 8.57. The first-order valence-corrected chi connectivity index (χ1v) is 11.3.